The summed E-state index contributed by atoms with van der Waals surface area (Å²) in [7, 11) is 1.93. The Morgan fingerprint density at radius 1 is 1.05 bits per heavy atom. The van der Waals surface area contributed by atoms with Crippen LogP contribution in [0.2, 0.25) is 0 Å². The fraction of sp³-hybridized carbons (Fsp3) is 0.941. The van der Waals surface area contributed by atoms with E-state index in [2.05, 4.69) is 34.6 Å². The summed E-state index contributed by atoms with van der Waals surface area (Å²) in [6.07, 6.45) is 7.92. The standard InChI is InChI=1S/C17H35NO/c1-15(2)12-14-18(6)16(19)11-9-7-8-10-13-17(3,4)5/h15H,7-14H2,1-6H3. The molecule has 0 aromatic carbocycles. The molecule has 1 amide bonds. The summed E-state index contributed by atoms with van der Waals surface area (Å²) in [6, 6.07) is 0. The Hall–Kier alpha value is -0.530. The van der Waals surface area contributed by atoms with Crippen LogP contribution in [0.4, 0.5) is 0 Å². The van der Waals surface area contributed by atoms with E-state index >= 15 is 0 Å². The van der Waals surface area contributed by atoms with Crippen LogP contribution >= 0.6 is 0 Å². The number of nitrogens with zero attached hydrogens (tertiary/aromatic N) is 1. The van der Waals surface area contributed by atoms with Crippen molar-refractivity contribution in [3.8, 4) is 0 Å². The van der Waals surface area contributed by atoms with Crippen LogP contribution in [0.3, 0.4) is 0 Å². The van der Waals surface area contributed by atoms with Crippen LogP contribution < -0.4 is 0 Å². The maximum atomic E-state index is 11.9. The molecule has 114 valence electrons. The van der Waals surface area contributed by atoms with Gasteiger partial charge in [0.2, 0.25) is 5.91 Å². The maximum absolute atomic E-state index is 11.9. The van der Waals surface area contributed by atoms with Crippen molar-refractivity contribution in [3.05, 3.63) is 0 Å². The molecule has 0 atom stereocenters. The molecule has 0 N–H and O–H groups in total. The number of hydrogen-bond acceptors (Lipinski definition) is 1. The largest absolute Gasteiger partial charge is 0.346 e. The van der Waals surface area contributed by atoms with E-state index in [0.717, 1.165) is 25.8 Å². The first-order chi connectivity index (χ1) is 8.72. The van der Waals surface area contributed by atoms with E-state index in [0.29, 0.717) is 17.2 Å². The topological polar surface area (TPSA) is 20.3 Å². The van der Waals surface area contributed by atoms with Crippen molar-refractivity contribution in [2.24, 2.45) is 11.3 Å². The Bertz CT molecular complexity index is 240. The molecule has 19 heavy (non-hydrogen) atoms. The molecule has 0 aliphatic rings. The van der Waals surface area contributed by atoms with Gasteiger partial charge in [-0.25, -0.2) is 0 Å². The predicted octanol–water partition coefficient (Wildman–Crippen LogP) is 4.88. The summed E-state index contributed by atoms with van der Waals surface area (Å²) < 4.78 is 0. The lowest BCUT2D eigenvalue weighted by Gasteiger charge is -2.19. The molecule has 0 saturated heterocycles. The maximum Gasteiger partial charge on any atom is 0.222 e. The lowest BCUT2D eigenvalue weighted by Crippen LogP contribution is -2.28. The highest BCUT2D eigenvalue weighted by atomic mass is 16.2. The van der Waals surface area contributed by atoms with Crippen molar-refractivity contribution in [1.29, 1.82) is 0 Å². The Kier molecular flexibility index (Phi) is 9.12. The summed E-state index contributed by atoms with van der Waals surface area (Å²) >= 11 is 0. The average Bonchev–Trinajstić information content (AvgIpc) is 2.28. The van der Waals surface area contributed by atoms with Crippen molar-refractivity contribution >= 4 is 5.91 Å². The summed E-state index contributed by atoms with van der Waals surface area (Å²) in [6.45, 7) is 12.2. The third-order valence-corrected chi connectivity index (χ3v) is 3.54. The Balaban J connectivity index is 3.52. The second-order valence-electron chi connectivity index (χ2n) is 7.47. The molecule has 0 radical (unpaired) electrons. The molecule has 0 saturated carbocycles. The van der Waals surface area contributed by atoms with E-state index in [1.807, 2.05) is 11.9 Å². The van der Waals surface area contributed by atoms with Crippen LogP contribution in [0.25, 0.3) is 0 Å². The molecule has 0 rings (SSSR count). The summed E-state index contributed by atoms with van der Waals surface area (Å²) in [5, 5.41) is 0. The fourth-order valence-electron chi connectivity index (χ4n) is 2.05. The van der Waals surface area contributed by atoms with Gasteiger partial charge in [0.15, 0.2) is 0 Å². The third kappa shape index (κ3) is 12.3. The second kappa shape index (κ2) is 9.39. The lowest BCUT2D eigenvalue weighted by molar-refractivity contribution is -0.130. The molecule has 2 nitrogen and oxygen atoms in total. The molecule has 0 fully saturated rings. The number of carbonyl (C=O) groups excluding carboxylic acids is 1. The number of rotatable bonds is 9. The highest BCUT2D eigenvalue weighted by Gasteiger charge is 2.10. The Labute approximate surface area is 120 Å². The van der Waals surface area contributed by atoms with Crippen LogP contribution in [-0.4, -0.2) is 24.4 Å². The molecule has 0 bridgehead atoms. The smallest absolute Gasteiger partial charge is 0.222 e. The molecular weight excluding hydrogens is 234 g/mol. The first-order valence-electron chi connectivity index (χ1n) is 7.96. The first-order valence-corrected chi connectivity index (χ1v) is 7.96. The zero-order valence-corrected chi connectivity index (χ0v) is 14.1. The molecule has 0 heterocycles. The minimum Gasteiger partial charge on any atom is -0.346 e. The van der Waals surface area contributed by atoms with Gasteiger partial charge < -0.3 is 4.90 Å². The minimum atomic E-state index is 0.316. The van der Waals surface area contributed by atoms with Crippen molar-refractivity contribution in [3.63, 3.8) is 0 Å². The van der Waals surface area contributed by atoms with Crippen molar-refractivity contribution in [1.82, 2.24) is 4.90 Å². The predicted molar refractivity (Wildman–Crippen MR) is 84.2 cm³/mol. The van der Waals surface area contributed by atoms with Gasteiger partial charge in [0, 0.05) is 20.0 Å². The lowest BCUT2D eigenvalue weighted by atomic mass is 9.89. The highest BCUT2D eigenvalue weighted by Crippen LogP contribution is 2.22. The quantitative estimate of drug-likeness (QED) is 0.546. The van der Waals surface area contributed by atoms with Crippen LogP contribution in [0, 0.1) is 11.3 Å². The normalized spacial score (nSPS) is 11.9. The van der Waals surface area contributed by atoms with Crippen molar-refractivity contribution < 1.29 is 4.79 Å². The third-order valence-electron chi connectivity index (χ3n) is 3.54. The van der Waals surface area contributed by atoms with E-state index in [4.69, 9.17) is 0 Å². The highest BCUT2D eigenvalue weighted by molar-refractivity contribution is 5.75. The van der Waals surface area contributed by atoms with Gasteiger partial charge in [-0.3, -0.25) is 4.79 Å². The zero-order chi connectivity index (χ0) is 14.9. The molecule has 0 spiro atoms. The molecule has 0 aromatic rings. The van der Waals surface area contributed by atoms with Gasteiger partial charge in [-0.05, 0) is 30.6 Å². The van der Waals surface area contributed by atoms with Crippen LogP contribution in [0.15, 0.2) is 0 Å². The number of unbranched alkanes of at least 4 members (excludes halogenated alkanes) is 3. The molecule has 0 unspecified atom stereocenters. The van der Waals surface area contributed by atoms with Gasteiger partial charge >= 0.3 is 0 Å². The van der Waals surface area contributed by atoms with Gasteiger partial charge in [-0.15, -0.1) is 0 Å². The first kappa shape index (κ1) is 18.5. The fourth-order valence-corrected chi connectivity index (χ4v) is 2.05. The molecule has 0 aliphatic carbocycles. The van der Waals surface area contributed by atoms with E-state index < -0.39 is 0 Å². The van der Waals surface area contributed by atoms with Crippen LogP contribution in [0.1, 0.15) is 79.6 Å². The van der Waals surface area contributed by atoms with Crippen molar-refractivity contribution in [2.45, 2.75) is 79.6 Å². The van der Waals surface area contributed by atoms with E-state index in [-0.39, 0.29) is 0 Å². The second-order valence-corrected chi connectivity index (χ2v) is 7.47. The summed E-state index contributed by atoms with van der Waals surface area (Å²) in [5.41, 5.74) is 0.451. The zero-order valence-electron chi connectivity index (χ0n) is 14.1. The molecule has 2 heteroatoms. The SMILES string of the molecule is CC(C)CCN(C)C(=O)CCCCCCC(C)(C)C. The number of amides is 1. The summed E-state index contributed by atoms with van der Waals surface area (Å²) in [5.74, 6) is 0.990. The van der Waals surface area contributed by atoms with Gasteiger partial charge in [0.25, 0.3) is 0 Å². The molecular formula is C17H35NO. The molecule has 0 aromatic heterocycles. The number of hydrogen-bond donors (Lipinski definition) is 0. The summed E-state index contributed by atoms with van der Waals surface area (Å²) in [4.78, 5) is 13.8. The minimum absolute atomic E-state index is 0.316. The van der Waals surface area contributed by atoms with Gasteiger partial charge in [0.1, 0.15) is 0 Å². The van der Waals surface area contributed by atoms with Gasteiger partial charge in [-0.1, -0.05) is 53.9 Å². The Morgan fingerprint density at radius 2 is 1.63 bits per heavy atom. The van der Waals surface area contributed by atoms with E-state index in [1.54, 1.807) is 0 Å². The van der Waals surface area contributed by atoms with E-state index in [9.17, 15) is 4.79 Å². The average molecular weight is 269 g/mol. The Morgan fingerprint density at radius 3 is 2.16 bits per heavy atom. The van der Waals surface area contributed by atoms with Crippen LogP contribution in [0.5, 0.6) is 0 Å². The van der Waals surface area contributed by atoms with E-state index in [1.165, 1.54) is 25.7 Å². The monoisotopic (exact) mass is 269 g/mol. The number of carbonyl (C=O) groups is 1. The van der Waals surface area contributed by atoms with Gasteiger partial charge in [-0.2, -0.15) is 0 Å². The van der Waals surface area contributed by atoms with Gasteiger partial charge in [0.05, 0.1) is 0 Å². The van der Waals surface area contributed by atoms with Crippen molar-refractivity contribution in [2.75, 3.05) is 13.6 Å². The molecule has 0 aliphatic heterocycles. The van der Waals surface area contributed by atoms with Crippen LogP contribution in [-0.2, 0) is 4.79 Å².